The van der Waals surface area contributed by atoms with Crippen LogP contribution in [0.25, 0.3) is 11.3 Å². The highest BCUT2D eigenvalue weighted by molar-refractivity contribution is 14.1. The Balaban J connectivity index is 2.43. The number of carbonyl (C=O) groups excluding carboxylic acids is 1. The van der Waals surface area contributed by atoms with E-state index in [9.17, 15) is 4.79 Å². The number of ether oxygens (including phenoxy) is 1. The second kappa shape index (κ2) is 5.22. The zero-order valence-corrected chi connectivity index (χ0v) is 11.2. The number of esters is 1. The molecule has 0 unspecified atom stereocenters. The van der Waals surface area contributed by atoms with Crippen molar-refractivity contribution >= 4 is 28.6 Å². The summed E-state index contributed by atoms with van der Waals surface area (Å²) in [6.07, 6.45) is 1.36. The highest BCUT2D eigenvalue weighted by atomic mass is 127. The molecule has 0 bridgehead atoms. The van der Waals surface area contributed by atoms with Crippen LogP contribution in [0.15, 0.2) is 36.7 Å². The van der Waals surface area contributed by atoms with Crippen molar-refractivity contribution in [2.45, 2.75) is 0 Å². The zero-order valence-electron chi connectivity index (χ0n) is 9.05. The third-order valence-electron chi connectivity index (χ3n) is 2.18. The standard InChI is InChI=1S/C12H9IN2O2/c1-17-12(16)11-6-10(14-7-15-11)8-3-2-4-9(13)5-8/h2-7H,1H3. The molecule has 0 radical (unpaired) electrons. The van der Waals surface area contributed by atoms with Crippen molar-refractivity contribution in [2.75, 3.05) is 7.11 Å². The summed E-state index contributed by atoms with van der Waals surface area (Å²) in [5.41, 5.74) is 1.92. The second-order valence-corrected chi connectivity index (χ2v) is 4.54. The highest BCUT2D eigenvalue weighted by Gasteiger charge is 2.09. The van der Waals surface area contributed by atoms with Crippen LogP contribution in [0.1, 0.15) is 10.5 Å². The van der Waals surface area contributed by atoms with E-state index >= 15 is 0 Å². The summed E-state index contributed by atoms with van der Waals surface area (Å²) in [7, 11) is 1.33. The van der Waals surface area contributed by atoms with E-state index < -0.39 is 5.97 Å². The van der Waals surface area contributed by atoms with E-state index in [1.807, 2.05) is 24.3 Å². The molecule has 0 aliphatic rings. The maximum Gasteiger partial charge on any atom is 0.356 e. The van der Waals surface area contributed by atoms with Gasteiger partial charge in [0.05, 0.1) is 12.8 Å². The number of hydrogen-bond donors (Lipinski definition) is 0. The molecule has 17 heavy (non-hydrogen) atoms. The lowest BCUT2D eigenvalue weighted by atomic mass is 10.1. The van der Waals surface area contributed by atoms with Crippen LogP contribution in [0.2, 0.25) is 0 Å². The van der Waals surface area contributed by atoms with Crippen LogP contribution in [-0.4, -0.2) is 23.0 Å². The normalized spacial score (nSPS) is 10.0. The quantitative estimate of drug-likeness (QED) is 0.623. The molecule has 1 aromatic carbocycles. The van der Waals surface area contributed by atoms with Gasteiger partial charge in [-0.05, 0) is 40.8 Å². The summed E-state index contributed by atoms with van der Waals surface area (Å²) in [5, 5.41) is 0. The summed E-state index contributed by atoms with van der Waals surface area (Å²) in [4.78, 5) is 19.4. The predicted molar refractivity (Wildman–Crippen MR) is 71.5 cm³/mol. The Hall–Kier alpha value is -1.50. The first kappa shape index (κ1) is 12.0. The third-order valence-corrected chi connectivity index (χ3v) is 2.85. The van der Waals surface area contributed by atoms with Crippen LogP contribution in [0.4, 0.5) is 0 Å². The molecule has 1 heterocycles. The van der Waals surface area contributed by atoms with Crippen molar-refractivity contribution in [1.29, 1.82) is 0 Å². The average Bonchev–Trinajstić information content (AvgIpc) is 2.38. The Morgan fingerprint density at radius 3 is 2.82 bits per heavy atom. The molecule has 0 saturated heterocycles. The topological polar surface area (TPSA) is 52.1 Å². The van der Waals surface area contributed by atoms with E-state index in [2.05, 4.69) is 37.3 Å². The van der Waals surface area contributed by atoms with Gasteiger partial charge >= 0.3 is 5.97 Å². The van der Waals surface area contributed by atoms with Crippen molar-refractivity contribution in [1.82, 2.24) is 9.97 Å². The molecule has 0 N–H and O–H groups in total. The first-order valence-electron chi connectivity index (χ1n) is 4.87. The fourth-order valence-electron chi connectivity index (χ4n) is 1.38. The lowest BCUT2D eigenvalue weighted by Crippen LogP contribution is -2.04. The van der Waals surface area contributed by atoms with Crippen LogP contribution in [-0.2, 0) is 4.74 Å². The maximum atomic E-state index is 11.3. The van der Waals surface area contributed by atoms with Crippen LogP contribution in [0, 0.1) is 3.57 Å². The molecule has 0 aliphatic heterocycles. The van der Waals surface area contributed by atoms with Crippen LogP contribution in [0.5, 0.6) is 0 Å². The Kier molecular flexibility index (Phi) is 3.68. The smallest absolute Gasteiger partial charge is 0.356 e. The van der Waals surface area contributed by atoms with Gasteiger partial charge in [-0.3, -0.25) is 0 Å². The molecule has 0 atom stereocenters. The minimum Gasteiger partial charge on any atom is -0.464 e. The summed E-state index contributed by atoms with van der Waals surface area (Å²) >= 11 is 2.23. The monoisotopic (exact) mass is 340 g/mol. The van der Waals surface area contributed by atoms with Gasteiger partial charge in [0, 0.05) is 9.13 Å². The lowest BCUT2D eigenvalue weighted by Gasteiger charge is -2.03. The Labute approximate surface area is 112 Å². The molecule has 1 aromatic heterocycles. The Morgan fingerprint density at radius 1 is 1.29 bits per heavy atom. The van der Waals surface area contributed by atoms with Crippen molar-refractivity contribution in [2.24, 2.45) is 0 Å². The predicted octanol–water partition coefficient (Wildman–Crippen LogP) is 2.53. The Morgan fingerprint density at radius 2 is 2.12 bits per heavy atom. The van der Waals surface area contributed by atoms with E-state index in [0.717, 1.165) is 9.13 Å². The molecule has 0 aliphatic carbocycles. The van der Waals surface area contributed by atoms with Crippen molar-refractivity contribution in [3.8, 4) is 11.3 Å². The largest absolute Gasteiger partial charge is 0.464 e. The van der Waals surface area contributed by atoms with E-state index in [-0.39, 0.29) is 5.69 Å². The minimum absolute atomic E-state index is 0.261. The maximum absolute atomic E-state index is 11.3. The molecule has 0 amide bonds. The van der Waals surface area contributed by atoms with Crippen LogP contribution in [0.3, 0.4) is 0 Å². The van der Waals surface area contributed by atoms with Gasteiger partial charge < -0.3 is 4.74 Å². The minimum atomic E-state index is -0.459. The lowest BCUT2D eigenvalue weighted by molar-refractivity contribution is 0.0594. The van der Waals surface area contributed by atoms with Crippen molar-refractivity contribution < 1.29 is 9.53 Å². The fourth-order valence-corrected chi connectivity index (χ4v) is 1.92. The van der Waals surface area contributed by atoms with Crippen molar-refractivity contribution in [3.05, 3.63) is 45.9 Å². The number of hydrogen-bond acceptors (Lipinski definition) is 4. The molecule has 0 saturated carbocycles. The van der Waals surface area contributed by atoms with Gasteiger partial charge in [0.25, 0.3) is 0 Å². The summed E-state index contributed by atoms with van der Waals surface area (Å²) in [6.45, 7) is 0. The van der Waals surface area contributed by atoms with Gasteiger partial charge in [0.15, 0.2) is 5.69 Å². The average molecular weight is 340 g/mol. The number of methoxy groups -OCH3 is 1. The van der Waals surface area contributed by atoms with Crippen LogP contribution < -0.4 is 0 Å². The fraction of sp³-hybridized carbons (Fsp3) is 0.0833. The molecule has 5 heteroatoms. The van der Waals surface area contributed by atoms with Gasteiger partial charge in [0.2, 0.25) is 0 Å². The van der Waals surface area contributed by atoms with Gasteiger partial charge in [-0.15, -0.1) is 0 Å². The number of nitrogens with zero attached hydrogens (tertiary/aromatic N) is 2. The van der Waals surface area contributed by atoms with E-state index in [1.54, 1.807) is 6.07 Å². The summed E-state index contributed by atoms with van der Waals surface area (Å²) < 4.78 is 5.73. The Bertz CT molecular complexity index is 558. The number of rotatable bonds is 2. The SMILES string of the molecule is COC(=O)c1cc(-c2cccc(I)c2)ncn1. The molecular formula is C12H9IN2O2. The van der Waals surface area contributed by atoms with E-state index in [0.29, 0.717) is 5.69 Å². The van der Waals surface area contributed by atoms with Gasteiger partial charge in [0.1, 0.15) is 6.33 Å². The summed E-state index contributed by atoms with van der Waals surface area (Å²) in [5.74, 6) is -0.459. The molecule has 2 rings (SSSR count). The van der Waals surface area contributed by atoms with Gasteiger partial charge in [-0.25, -0.2) is 14.8 Å². The number of carbonyl (C=O) groups is 1. The van der Waals surface area contributed by atoms with E-state index in [1.165, 1.54) is 13.4 Å². The molecule has 0 spiro atoms. The molecule has 2 aromatic rings. The van der Waals surface area contributed by atoms with Crippen molar-refractivity contribution in [3.63, 3.8) is 0 Å². The summed E-state index contributed by atoms with van der Waals surface area (Å²) in [6, 6.07) is 9.48. The highest BCUT2D eigenvalue weighted by Crippen LogP contribution is 2.19. The van der Waals surface area contributed by atoms with Crippen LogP contribution >= 0.6 is 22.6 Å². The van der Waals surface area contributed by atoms with E-state index in [4.69, 9.17) is 0 Å². The molecule has 86 valence electrons. The van der Waals surface area contributed by atoms with Gasteiger partial charge in [-0.2, -0.15) is 0 Å². The number of halogens is 1. The zero-order chi connectivity index (χ0) is 12.3. The third kappa shape index (κ3) is 2.79. The first-order chi connectivity index (χ1) is 8.20. The first-order valence-corrected chi connectivity index (χ1v) is 5.95. The van der Waals surface area contributed by atoms with Gasteiger partial charge in [-0.1, -0.05) is 12.1 Å². The number of aromatic nitrogens is 2. The second-order valence-electron chi connectivity index (χ2n) is 3.29. The molecular weight excluding hydrogens is 331 g/mol. The number of benzene rings is 1. The molecule has 4 nitrogen and oxygen atoms in total. The molecule has 0 fully saturated rings.